The zero-order valence-electron chi connectivity index (χ0n) is 25.1. The lowest BCUT2D eigenvalue weighted by atomic mass is 9.85. The van der Waals surface area contributed by atoms with E-state index in [1.807, 2.05) is 6.92 Å². The summed E-state index contributed by atoms with van der Waals surface area (Å²) in [6.45, 7) is 10.9. The SMILES string of the molecule is C=CCNC1=C2C[C@@H](C)C[C@@H](OC)[C@@H](O)[C@H](C)C=C(C)[C@@H](OC(N)=O)[C@H](OC)C=CC=C(C)C(=O)NC(=CC1=O)C2=O. The van der Waals surface area contributed by atoms with E-state index < -0.39 is 53.9 Å². The van der Waals surface area contributed by atoms with Gasteiger partial charge in [0.2, 0.25) is 11.6 Å². The van der Waals surface area contributed by atoms with Crippen LogP contribution in [0.25, 0.3) is 0 Å². The molecule has 1 aliphatic heterocycles. The largest absolute Gasteiger partial charge is 0.439 e. The van der Waals surface area contributed by atoms with E-state index in [4.69, 9.17) is 19.9 Å². The maximum atomic E-state index is 13.5. The first-order valence-corrected chi connectivity index (χ1v) is 13.8. The fourth-order valence-corrected chi connectivity index (χ4v) is 4.95. The number of carbonyl (C=O) groups excluding carboxylic acids is 4. The van der Waals surface area contributed by atoms with Crippen LogP contribution < -0.4 is 16.4 Å². The number of rotatable bonds is 6. The Morgan fingerprint density at radius 2 is 1.90 bits per heavy atom. The van der Waals surface area contributed by atoms with Gasteiger partial charge in [0.25, 0.3) is 5.91 Å². The molecule has 0 aromatic heterocycles. The summed E-state index contributed by atoms with van der Waals surface area (Å²) in [5.41, 5.74) is 6.42. The van der Waals surface area contributed by atoms with Crippen LogP contribution >= 0.6 is 0 Å². The summed E-state index contributed by atoms with van der Waals surface area (Å²) in [7, 11) is 2.92. The minimum absolute atomic E-state index is 0.132. The Kier molecular flexibility index (Phi) is 13.1. The number of methoxy groups -OCH3 is 2. The smallest absolute Gasteiger partial charge is 0.405 e. The van der Waals surface area contributed by atoms with Gasteiger partial charge in [0.15, 0.2) is 6.10 Å². The van der Waals surface area contributed by atoms with Crippen LogP contribution in [0.15, 0.2) is 71.1 Å². The molecule has 2 amide bonds. The molecule has 2 rings (SSSR count). The number of ether oxygens (including phenoxy) is 3. The summed E-state index contributed by atoms with van der Waals surface area (Å²) < 4.78 is 16.6. The molecular formula is C31H43N3O8. The highest BCUT2D eigenvalue weighted by atomic mass is 16.6. The van der Waals surface area contributed by atoms with Crippen molar-refractivity contribution in [1.29, 1.82) is 0 Å². The molecule has 1 heterocycles. The van der Waals surface area contributed by atoms with E-state index >= 15 is 0 Å². The van der Waals surface area contributed by atoms with Crippen LogP contribution in [0.2, 0.25) is 0 Å². The van der Waals surface area contributed by atoms with Crippen LogP contribution in [0.1, 0.15) is 40.5 Å². The van der Waals surface area contributed by atoms with Gasteiger partial charge in [-0.15, -0.1) is 6.58 Å². The Morgan fingerprint density at radius 1 is 1.21 bits per heavy atom. The van der Waals surface area contributed by atoms with E-state index in [0.717, 1.165) is 6.08 Å². The predicted molar refractivity (Wildman–Crippen MR) is 158 cm³/mol. The predicted octanol–water partition coefficient (Wildman–Crippen LogP) is 2.54. The van der Waals surface area contributed by atoms with Crippen molar-refractivity contribution in [2.75, 3.05) is 20.8 Å². The van der Waals surface area contributed by atoms with Crippen molar-refractivity contribution in [3.63, 3.8) is 0 Å². The number of allylic oxidation sites excluding steroid dienone is 4. The molecule has 0 spiro atoms. The van der Waals surface area contributed by atoms with E-state index in [9.17, 15) is 24.3 Å². The molecule has 0 saturated heterocycles. The fourth-order valence-electron chi connectivity index (χ4n) is 4.95. The van der Waals surface area contributed by atoms with Crippen molar-refractivity contribution in [3.05, 3.63) is 71.1 Å². The molecule has 2 aliphatic rings. The second-order valence-corrected chi connectivity index (χ2v) is 10.6. The lowest BCUT2D eigenvalue weighted by Gasteiger charge is -2.30. The summed E-state index contributed by atoms with van der Waals surface area (Å²) in [5.74, 6) is -2.14. The average molecular weight is 586 g/mol. The number of aliphatic hydroxyl groups excluding tert-OH is 1. The van der Waals surface area contributed by atoms with Crippen LogP contribution in [0.4, 0.5) is 4.79 Å². The number of fused-ring (bicyclic) bond motifs is 2. The number of Topliss-reactive ketones (excluding diaryl/α,β-unsaturated/α-hetero) is 1. The van der Waals surface area contributed by atoms with E-state index in [1.54, 1.807) is 45.1 Å². The van der Waals surface area contributed by atoms with Crippen molar-refractivity contribution in [1.82, 2.24) is 10.6 Å². The Balaban J connectivity index is 2.62. The van der Waals surface area contributed by atoms with Gasteiger partial charge < -0.3 is 35.7 Å². The van der Waals surface area contributed by atoms with Crippen molar-refractivity contribution >= 4 is 23.6 Å². The number of nitrogens with one attached hydrogen (secondary N) is 2. The van der Waals surface area contributed by atoms with Crippen LogP contribution in [0.5, 0.6) is 0 Å². The third-order valence-corrected chi connectivity index (χ3v) is 7.22. The monoisotopic (exact) mass is 585 g/mol. The molecule has 0 aromatic rings. The van der Waals surface area contributed by atoms with Gasteiger partial charge in [0, 0.05) is 43.9 Å². The zero-order chi connectivity index (χ0) is 31.6. The van der Waals surface area contributed by atoms with Crippen LogP contribution in [-0.4, -0.2) is 73.9 Å². The number of amides is 2. The molecule has 5 N–H and O–H groups in total. The minimum atomic E-state index is -1.00. The molecule has 6 atom stereocenters. The average Bonchev–Trinajstić information content (AvgIpc) is 2.94. The molecule has 0 saturated carbocycles. The van der Waals surface area contributed by atoms with Crippen LogP contribution in [0.3, 0.4) is 0 Å². The highest BCUT2D eigenvalue weighted by Crippen LogP contribution is 2.28. The Bertz CT molecular complexity index is 1210. The summed E-state index contributed by atoms with van der Waals surface area (Å²) in [6.07, 6.45) is 5.34. The van der Waals surface area contributed by atoms with E-state index in [1.165, 1.54) is 20.3 Å². The standard InChI is InChI=1S/C31H43N3O8/c1-8-12-33-26-21-13-17(2)14-25(41-7)27(36)19(4)15-20(5)29(42-31(32)39)24(40-6)11-9-10-18(3)30(38)34-22(28(21)37)16-23(26)35/h8-11,15-17,19,24-25,27,29,33,36H,1,12-14H2,2-7H3,(H2,32,39)(H,34,38)/t17-,19-,24-,25-,27+,29-/m1/s1. The maximum absolute atomic E-state index is 13.5. The number of nitrogens with two attached hydrogens (primary N) is 1. The van der Waals surface area contributed by atoms with E-state index in [-0.39, 0.29) is 41.4 Å². The lowest BCUT2D eigenvalue weighted by molar-refractivity contribution is -0.120. The second-order valence-electron chi connectivity index (χ2n) is 10.6. The van der Waals surface area contributed by atoms with Crippen molar-refractivity contribution in [2.45, 2.75) is 65.0 Å². The first kappa shape index (κ1) is 34.4. The third kappa shape index (κ3) is 9.10. The maximum Gasteiger partial charge on any atom is 0.405 e. The molecule has 1 aliphatic carbocycles. The first-order valence-electron chi connectivity index (χ1n) is 13.8. The number of hydrogen-bond acceptors (Lipinski definition) is 9. The molecule has 0 radical (unpaired) electrons. The zero-order valence-corrected chi connectivity index (χ0v) is 25.1. The summed E-state index contributed by atoms with van der Waals surface area (Å²) in [5, 5.41) is 16.7. The lowest BCUT2D eigenvalue weighted by Crippen LogP contribution is -2.37. The summed E-state index contributed by atoms with van der Waals surface area (Å²) in [6, 6.07) is 0. The van der Waals surface area contributed by atoms with Gasteiger partial charge in [-0.05, 0) is 38.2 Å². The molecule has 230 valence electrons. The van der Waals surface area contributed by atoms with E-state index in [0.29, 0.717) is 12.0 Å². The van der Waals surface area contributed by atoms with Crippen LogP contribution in [0, 0.1) is 11.8 Å². The molecule has 2 bridgehead atoms. The molecule has 42 heavy (non-hydrogen) atoms. The van der Waals surface area contributed by atoms with Gasteiger partial charge in [-0.1, -0.05) is 44.2 Å². The van der Waals surface area contributed by atoms with Gasteiger partial charge in [-0.25, -0.2) is 4.79 Å². The van der Waals surface area contributed by atoms with Gasteiger partial charge in [-0.2, -0.15) is 0 Å². The Morgan fingerprint density at radius 3 is 2.50 bits per heavy atom. The molecule has 0 aromatic carbocycles. The van der Waals surface area contributed by atoms with E-state index in [2.05, 4.69) is 17.2 Å². The summed E-state index contributed by atoms with van der Waals surface area (Å²) >= 11 is 0. The number of hydrogen-bond donors (Lipinski definition) is 4. The quantitative estimate of drug-likeness (QED) is 0.271. The third-order valence-electron chi connectivity index (χ3n) is 7.22. The molecule has 11 nitrogen and oxygen atoms in total. The molecule has 0 unspecified atom stereocenters. The van der Waals surface area contributed by atoms with Crippen molar-refractivity contribution in [2.24, 2.45) is 17.6 Å². The second kappa shape index (κ2) is 16.0. The van der Waals surface area contributed by atoms with Crippen molar-refractivity contribution < 1.29 is 38.5 Å². The minimum Gasteiger partial charge on any atom is -0.439 e. The number of primary amides is 1. The Hall–Kier alpha value is -3.80. The van der Waals surface area contributed by atoms with Gasteiger partial charge in [0.05, 0.1) is 23.6 Å². The van der Waals surface area contributed by atoms with Crippen molar-refractivity contribution in [3.8, 4) is 0 Å². The highest BCUT2D eigenvalue weighted by molar-refractivity contribution is 6.23. The van der Waals surface area contributed by atoms with Gasteiger partial charge in [0.1, 0.15) is 6.10 Å². The topological polar surface area (TPSA) is 166 Å². The number of aliphatic hydroxyl groups is 1. The van der Waals surface area contributed by atoms with Gasteiger partial charge in [-0.3, -0.25) is 14.4 Å². The summed E-state index contributed by atoms with van der Waals surface area (Å²) in [4.78, 5) is 51.3. The normalized spacial score (nSPS) is 28.4. The number of carbonyl (C=O) groups is 4. The van der Waals surface area contributed by atoms with Gasteiger partial charge >= 0.3 is 6.09 Å². The highest BCUT2D eigenvalue weighted by Gasteiger charge is 2.33. The van der Waals surface area contributed by atoms with Crippen LogP contribution in [-0.2, 0) is 28.6 Å². The molecule has 0 fully saturated rings. The number of ketones is 2. The molecular weight excluding hydrogens is 542 g/mol. The first-order chi connectivity index (χ1) is 19.8. The fraction of sp³-hybridized carbons (Fsp3) is 0.484. The Labute approximate surface area is 247 Å². The molecule has 11 heteroatoms.